The number of ether oxygens (including phenoxy) is 1. The molecule has 90 valence electrons. The van der Waals surface area contributed by atoms with Crippen molar-refractivity contribution in [1.29, 1.82) is 0 Å². The van der Waals surface area contributed by atoms with Gasteiger partial charge in [-0.25, -0.2) is 0 Å². The van der Waals surface area contributed by atoms with E-state index in [-0.39, 0.29) is 0 Å². The van der Waals surface area contributed by atoms with Gasteiger partial charge in [0.1, 0.15) is 5.75 Å². The fourth-order valence-electron chi connectivity index (χ4n) is 1.52. The Morgan fingerprint density at radius 3 is 2.50 bits per heavy atom. The average molecular weight is 306 g/mol. The monoisotopic (exact) mass is 304 g/mol. The zero-order chi connectivity index (χ0) is 12.1. The van der Waals surface area contributed by atoms with E-state index >= 15 is 0 Å². The van der Waals surface area contributed by atoms with E-state index in [1.54, 1.807) is 7.11 Å². The lowest BCUT2D eigenvalue weighted by atomic mass is 10.0. The van der Waals surface area contributed by atoms with Gasteiger partial charge in [0.2, 0.25) is 0 Å². The van der Waals surface area contributed by atoms with Crippen molar-refractivity contribution in [2.24, 2.45) is 5.92 Å². The van der Waals surface area contributed by atoms with E-state index in [2.05, 4.69) is 35.8 Å². The third-order valence-electron chi connectivity index (χ3n) is 2.54. The van der Waals surface area contributed by atoms with Crippen LogP contribution in [0.1, 0.15) is 37.1 Å². The molecule has 3 heteroatoms. The van der Waals surface area contributed by atoms with E-state index in [9.17, 15) is 0 Å². The predicted molar refractivity (Wildman–Crippen MR) is 73.7 cm³/mol. The minimum absolute atomic E-state index is 0.373. The van der Waals surface area contributed by atoms with Crippen LogP contribution in [0.4, 0.5) is 0 Å². The molecule has 0 saturated heterocycles. The van der Waals surface area contributed by atoms with Crippen LogP contribution in [-0.2, 0) is 0 Å². The summed E-state index contributed by atoms with van der Waals surface area (Å²) < 4.78 is 5.13. The number of alkyl halides is 1. The highest BCUT2D eigenvalue weighted by molar-refractivity contribution is 9.09. The molecule has 0 spiro atoms. The second-order valence-electron chi connectivity index (χ2n) is 4.33. The SMILES string of the molecule is COc1ccc(C(Br)CCC(C)C)cc1Cl. The van der Waals surface area contributed by atoms with Crippen LogP contribution < -0.4 is 4.74 Å². The first-order chi connectivity index (χ1) is 7.54. The van der Waals surface area contributed by atoms with Gasteiger partial charge < -0.3 is 4.74 Å². The largest absolute Gasteiger partial charge is 0.495 e. The molecule has 0 aliphatic rings. The Balaban J connectivity index is 2.69. The van der Waals surface area contributed by atoms with Gasteiger partial charge in [-0.3, -0.25) is 0 Å². The second-order valence-corrected chi connectivity index (χ2v) is 5.85. The molecule has 1 unspecified atom stereocenters. The van der Waals surface area contributed by atoms with E-state index in [4.69, 9.17) is 16.3 Å². The van der Waals surface area contributed by atoms with Crippen molar-refractivity contribution in [2.45, 2.75) is 31.5 Å². The van der Waals surface area contributed by atoms with Crippen molar-refractivity contribution in [1.82, 2.24) is 0 Å². The lowest BCUT2D eigenvalue weighted by Crippen LogP contribution is -1.95. The summed E-state index contributed by atoms with van der Waals surface area (Å²) in [5.74, 6) is 1.46. The van der Waals surface area contributed by atoms with E-state index < -0.39 is 0 Å². The number of hydrogen-bond donors (Lipinski definition) is 0. The standard InChI is InChI=1S/C13H18BrClO/c1-9(2)4-6-11(14)10-5-7-13(16-3)12(15)8-10/h5,7-9,11H,4,6H2,1-3H3. The summed E-state index contributed by atoms with van der Waals surface area (Å²) in [6.07, 6.45) is 2.33. The fraction of sp³-hybridized carbons (Fsp3) is 0.538. The number of methoxy groups -OCH3 is 1. The number of hydrogen-bond acceptors (Lipinski definition) is 1. The highest BCUT2D eigenvalue weighted by Crippen LogP contribution is 2.34. The van der Waals surface area contributed by atoms with Gasteiger partial charge in [0.15, 0.2) is 0 Å². The van der Waals surface area contributed by atoms with Gasteiger partial charge in [0.05, 0.1) is 12.1 Å². The second kappa shape index (κ2) is 6.51. The Labute approximate surface area is 111 Å². The summed E-state index contributed by atoms with van der Waals surface area (Å²) in [5, 5.41) is 0.675. The normalized spacial score (nSPS) is 12.9. The fourth-order valence-corrected chi connectivity index (χ4v) is 2.34. The van der Waals surface area contributed by atoms with Crippen LogP contribution in [0, 0.1) is 5.92 Å². The Hall–Kier alpha value is -0.210. The molecule has 0 radical (unpaired) electrons. The first-order valence-electron chi connectivity index (χ1n) is 5.52. The third kappa shape index (κ3) is 3.99. The summed E-state index contributed by atoms with van der Waals surface area (Å²) >= 11 is 9.79. The molecule has 1 rings (SSSR count). The van der Waals surface area contributed by atoms with Crippen molar-refractivity contribution in [3.63, 3.8) is 0 Å². The predicted octanol–water partition coefficient (Wildman–Crippen LogP) is 5.22. The van der Waals surface area contributed by atoms with Crippen LogP contribution in [-0.4, -0.2) is 7.11 Å². The number of benzene rings is 1. The minimum Gasteiger partial charge on any atom is -0.495 e. The van der Waals surface area contributed by atoms with Crippen molar-refractivity contribution in [2.75, 3.05) is 7.11 Å². The number of rotatable bonds is 5. The van der Waals surface area contributed by atoms with Gasteiger partial charge in [-0.05, 0) is 36.5 Å². The highest BCUT2D eigenvalue weighted by atomic mass is 79.9. The lowest BCUT2D eigenvalue weighted by molar-refractivity contribution is 0.415. The molecule has 1 aromatic carbocycles. The molecule has 0 aromatic heterocycles. The molecule has 0 fully saturated rings. The lowest BCUT2D eigenvalue weighted by Gasteiger charge is -2.13. The van der Waals surface area contributed by atoms with Gasteiger partial charge in [-0.15, -0.1) is 0 Å². The molecule has 0 amide bonds. The average Bonchev–Trinajstić information content (AvgIpc) is 2.25. The molecule has 0 aliphatic heterocycles. The van der Waals surface area contributed by atoms with Crippen LogP contribution in [0.3, 0.4) is 0 Å². The van der Waals surface area contributed by atoms with Gasteiger partial charge in [0, 0.05) is 4.83 Å². The van der Waals surface area contributed by atoms with Crippen molar-refractivity contribution in [3.05, 3.63) is 28.8 Å². The Morgan fingerprint density at radius 2 is 2.00 bits per heavy atom. The Bertz CT molecular complexity index is 339. The molecule has 0 aliphatic carbocycles. The van der Waals surface area contributed by atoms with Crippen LogP contribution in [0.15, 0.2) is 18.2 Å². The maximum atomic E-state index is 6.09. The van der Waals surface area contributed by atoms with Gasteiger partial charge in [-0.2, -0.15) is 0 Å². The first kappa shape index (κ1) is 13.9. The summed E-state index contributed by atoms with van der Waals surface area (Å²) in [6.45, 7) is 4.47. The van der Waals surface area contributed by atoms with E-state index in [0.717, 1.165) is 18.1 Å². The minimum atomic E-state index is 0.373. The quantitative estimate of drug-likeness (QED) is 0.678. The smallest absolute Gasteiger partial charge is 0.137 e. The molecule has 1 nitrogen and oxygen atoms in total. The van der Waals surface area contributed by atoms with Crippen LogP contribution in [0.25, 0.3) is 0 Å². The van der Waals surface area contributed by atoms with E-state index in [1.807, 2.05) is 12.1 Å². The third-order valence-corrected chi connectivity index (χ3v) is 3.82. The first-order valence-corrected chi connectivity index (χ1v) is 6.81. The maximum absolute atomic E-state index is 6.09. The van der Waals surface area contributed by atoms with E-state index in [0.29, 0.717) is 9.85 Å². The van der Waals surface area contributed by atoms with Crippen LogP contribution >= 0.6 is 27.5 Å². The molecule has 1 aromatic rings. The van der Waals surface area contributed by atoms with Crippen molar-refractivity contribution < 1.29 is 4.74 Å². The van der Waals surface area contributed by atoms with E-state index in [1.165, 1.54) is 12.0 Å². The zero-order valence-electron chi connectivity index (χ0n) is 9.97. The summed E-state index contributed by atoms with van der Waals surface area (Å²) in [4.78, 5) is 0.373. The highest BCUT2D eigenvalue weighted by Gasteiger charge is 2.10. The van der Waals surface area contributed by atoms with Crippen molar-refractivity contribution in [3.8, 4) is 5.75 Å². The van der Waals surface area contributed by atoms with Gasteiger partial charge in [-0.1, -0.05) is 47.4 Å². The number of halogens is 2. The summed E-state index contributed by atoms with van der Waals surface area (Å²) in [6, 6.07) is 5.95. The molecular weight excluding hydrogens is 287 g/mol. The zero-order valence-corrected chi connectivity index (χ0v) is 12.3. The molecule has 0 heterocycles. The topological polar surface area (TPSA) is 9.23 Å². The molecule has 0 N–H and O–H groups in total. The molecule has 0 saturated carbocycles. The van der Waals surface area contributed by atoms with Gasteiger partial charge in [0.25, 0.3) is 0 Å². The molecule has 1 atom stereocenters. The molecule has 16 heavy (non-hydrogen) atoms. The van der Waals surface area contributed by atoms with Gasteiger partial charge >= 0.3 is 0 Å². The van der Waals surface area contributed by atoms with Crippen LogP contribution in [0.2, 0.25) is 5.02 Å². The Morgan fingerprint density at radius 1 is 1.31 bits per heavy atom. The van der Waals surface area contributed by atoms with Crippen LogP contribution in [0.5, 0.6) is 5.75 Å². The molecule has 0 bridgehead atoms. The molecular formula is C13H18BrClO. The maximum Gasteiger partial charge on any atom is 0.137 e. The summed E-state index contributed by atoms with van der Waals surface area (Å²) in [5.41, 5.74) is 1.21. The summed E-state index contributed by atoms with van der Waals surface area (Å²) in [7, 11) is 1.63. The van der Waals surface area contributed by atoms with Crippen molar-refractivity contribution >= 4 is 27.5 Å². The Kier molecular flexibility index (Phi) is 5.63.